The van der Waals surface area contributed by atoms with Crippen LogP contribution < -0.4 is 4.74 Å². The van der Waals surface area contributed by atoms with Gasteiger partial charge in [-0.1, -0.05) is 12.1 Å². The molecule has 1 amide bonds. The van der Waals surface area contributed by atoms with E-state index in [1.165, 1.54) is 0 Å². The predicted molar refractivity (Wildman–Crippen MR) is 124 cm³/mol. The van der Waals surface area contributed by atoms with Gasteiger partial charge in [-0.3, -0.25) is 4.79 Å². The number of carboxylic acids is 1. The minimum atomic E-state index is -0.994. The lowest BCUT2D eigenvalue weighted by atomic mass is 9.79. The van der Waals surface area contributed by atoms with Crippen LogP contribution in [0.4, 0.5) is 0 Å². The van der Waals surface area contributed by atoms with E-state index in [2.05, 4.69) is 4.98 Å². The van der Waals surface area contributed by atoms with Crippen LogP contribution in [0.3, 0.4) is 0 Å². The molecule has 2 aromatic carbocycles. The molecule has 0 radical (unpaired) electrons. The molecule has 2 heterocycles. The monoisotopic (exact) mass is 448 g/mol. The molecule has 1 aliphatic carbocycles. The summed E-state index contributed by atoms with van der Waals surface area (Å²) >= 11 is 0. The first kappa shape index (κ1) is 21.5. The summed E-state index contributed by atoms with van der Waals surface area (Å²) in [7, 11) is 1.56. The maximum Gasteiger partial charge on any atom is 0.335 e. The van der Waals surface area contributed by atoms with Crippen molar-refractivity contribution < 1.29 is 24.5 Å². The summed E-state index contributed by atoms with van der Waals surface area (Å²) in [5.41, 5.74) is 2.60. The minimum Gasteiger partial charge on any atom is -0.496 e. The van der Waals surface area contributed by atoms with E-state index in [-0.39, 0.29) is 23.4 Å². The summed E-state index contributed by atoms with van der Waals surface area (Å²) in [5, 5.41) is 21.5. The molecule has 2 atom stereocenters. The molecule has 3 N–H and O–H groups in total. The Kier molecular flexibility index (Phi) is 5.16. The van der Waals surface area contributed by atoms with E-state index in [0.717, 1.165) is 34.9 Å². The lowest BCUT2D eigenvalue weighted by Crippen LogP contribution is -2.49. The zero-order valence-electron chi connectivity index (χ0n) is 18.8. The van der Waals surface area contributed by atoms with Gasteiger partial charge in [-0.2, -0.15) is 0 Å². The summed E-state index contributed by atoms with van der Waals surface area (Å²) in [4.78, 5) is 30.4. The molecule has 0 spiro atoms. The molecule has 1 saturated carbocycles. The topological polar surface area (TPSA) is 103 Å². The van der Waals surface area contributed by atoms with Crippen molar-refractivity contribution >= 4 is 22.8 Å². The number of nitrogens with zero attached hydrogens (tertiary/aromatic N) is 1. The number of methoxy groups -OCH3 is 1. The molecule has 1 unspecified atom stereocenters. The summed E-state index contributed by atoms with van der Waals surface area (Å²) < 4.78 is 5.61. The Balaban J connectivity index is 1.57. The van der Waals surface area contributed by atoms with Crippen molar-refractivity contribution in [3.8, 4) is 5.75 Å². The van der Waals surface area contributed by atoms with Crippen molar-refractivity contribution in [1.82, 2.24) is 9.88 Å². The average Bonchev–Trinajstić information content (AvgIpc) is 3.57. The summed E-state index contributed by atoms with van der Waals surface area (Å²) in [5.74, 6) is -0.359. The molecule has 1 aliphatic heterocycles. The van der Waals surface area contributed by atoms with E-state index in [9.17, 15) is 19.8 Å². The van der Waals surface area contributed by atoms with Gasteiger partial charge >= 0.3 is 5.97 Å². The molecule has 7 nitrogen and oxygen atoms in total. The number of rotatable bonds is 5. The number of ether oxygens (including phenoxy) is 1. The number of aliphatic hydroxyl groups is 1. The molecule has 172 valence electrons. The summed E-state index contributed by atoms with van der Waals surface area (Å²) in [6, 6.07) is 10.0. The van der Waals surface area contributed by atoms with Gasteiger partial charge in [-0.05, 0) is 67.5 Å². The average molecular weight is 449 g/mol. The Morgan fingerprint density at radius 1 is 1.18 bits per heavy atom. The fourth-order valence-corrected chi connectivity index (χ4v) is 5.30. The van der Waals surface area contributed by atoms with Gasteiger partial charge in [0.25, 0.3) is 5.91 Å². The summed E-state index contributed by atoms with van der Waals surface area (Å²) in [6.45, 7) is 2.39. The Bertz CT molecular complexity index is 1230. The quantitative estimate of drug-likeness (QED) is 0.540. The van der Waals surface area contributed by atoms with Gasteiger partial charge in [0, 0.05) is 30.1 Å². The largest absolute Gasteiger partial charge is 0.496 e. The molecule has 1 aromatic heterocycles. The lowest BCUT2D eigenvalue weighted by Gasteiger charge is -2.45. The maximum atomic E-state index is 14.0. The number of benzene rings is 2. The number of H-pyrrole nitrogens is 1. The third-order valence-electron chi connectivity index (χ3n) is 7.29. The number of hydrogen-bond acceptors (Lipinski definition) is 4. The van der Waals surface area contributed by atoms with Crippen molar-refractivity contribution in [2.45, 2.75) is 44.2 Å². The standard InChI is InChI=1S/C26H28N2O5/c1-15-13-21(33-2)22(19-9-11-27-23(15)19)24(29)28-12-10-26(32,18-7-8-18)14-20(28)16-3-5-17(6-4-16)25(30)31/h3-6,9,11,13,18,20,27,32H,7-8,10,12,14H2,1-2H3,(H,30,31)/t20-,26?/m0/s1. The van der Waals surface area contributed by atoms with Gasteiger partial charge in [0.1, 0.15) is 5.75 Å². The van der Waals surface area contributed by atoms with Gasteiger partial charge in [0.2, 0.25) is 0 Å². The Hall–Kier alpha value is -3.32. The van der Waals surface area contributed by atoms with Crippen LogP contribution in [-0.2, 0) is 0 Å². The second kappa shape index (κ2) is 7.92. The summed E-state index contributed by atoms with van der Waals surface area (Å²) in [6.07, 6.45) is 4.78. The fourth-order valence-electron chi connectivity index (χ4n) is 5.30. The Morgan fingerprint density at radius 2 is 1.91 bits per heavy atom. The van der Waals surface area contributed by atoms with E-state index in [1.54, 1.807) is 31.4 Å². The smallest absolute Gasteiger partial charge is 0.335 e. The normalized spacial score (nSPS) is 23.0. The predicted octanol–water partition coefficient (Wildman–Crippen LogP) is 4.30. The molecule has 7 heteroatoms. The highest BCUT2D eigenvalue weighted by atomic mass is 16.5. The zero-order chi connectivity index (χ0) is 23.3. The van der Waals surface area contributed by atoms with Gasteiger partial charge in [-0.15, -0.1) is 0 Å². The fraction of sp³-hybridized carbons (Fsp3) is 0.385. The number of carbonyl (C=O) groups excluding carboxylic acids is 1. The third kappa shape index (κ3) is 3.66. The molecule has 2 aliphatic rings. The molecular formula is C26H28N2O5. The molecular weight excluding hydrogens is 420 g/mol. The van der Waals surface area contributed by atoms with Crippen molar-refractivity contribution in [2.24, 2.45) is 5.92 Å². The number of aromatic nitrogens is 1. The van der Waals surface area contributed by atoms with Crippen LogP contribution in [0.5, 0.6) is 5.75 Å². The van der Waals surface area contributed by atoms with Crippen LogP contribution in [0.1, 0.15) is 63.6 Å². The number of carbonyl (C=O) groups is 2. The number of nitrogens with one attached hydrogen (secondary N) is 1. The van der Waals surface area contributed by atoms with Gasteiger partial charge in [-0.25, -0.2) is 4.79 Å². The SMILES string of the molecule is COc1cc(C)c2[nH]ccc2c1C(=O)N1CCC(O)(C2CC2)C[C@H]1c1ccc(C(=O)O)cc1. The number of carboxylic acid groups (broad SMARTS) is 1. The van der Waals surface area contributed by atoms with Crippen LogP contribution in [-0.4, -0.2) is 51.2 Å². The highest BCUT2D eigenvalue weighted by molar-refractivity contribution is 6.09. The lowest BCUT2D eigenvalue weighted by molar-refractivity contribution is -0.0556. The van der Waals surface area contributed by atoms with E-state index in [1.807, 2.05) is 30.2 Å². The van der Waals surface area contributed by atoms with Crippen molar-refractivity contribution in [2.75, 3.05) is 13.7 Å². The highest BCUT2D eigenvalue weighted by Gasteiger charge is 2.49. The molecule has 0 bridgehead atoms. The molecule has 1 saturated heterocycles. The number of piperidine rings is 1. The molecule has 3 aromatic rings. The molecule has 5 rings (SSSR count). The minimum absolute atomic E-state index is 0.151. The Morgan fingerprint density at radius 3 is 2.55 bits per heavy atom. The number of aromatic amines is 1. The van der Waals surface area contributed by atoms with Gasteiger partial charge in [0.15, 0.2) is 0 Å². The molecule has 2 fully saturated rings. The van der Waals surface area contributed by atoms with Crippen molar-refractivity contribution in [1.29, 1.82) is 0 Å². The van der Waals surface area contributed by atoms with E-state index in [4.69, 9.17) is 4.74 Å². The van der Waals surface area contributed by atoms with Crippen LogP contribution >= 0.6 is 0 Å². The number of fused-ring (bicyclic) bond motifs is 1. The Labute approximate surface area is 192 Å². The van der Waals surface area contributed by atoms with Crippen molar-refractivity contribution in [3.63, 3.8) is 0 Å². The van der Waals surface area contributed by atoms with E-state index < -0.39 is 11.6 Å². The van der Waals surface area contributed by atoms with Crippen LogP contribution in [0.2, 0.25) is 0 Å². The zero-order valence-corrected chi connectivity index (χ0v) is 18.8. The van der Waals surface area contributed by atoms with Crippen molar-refractivity contribution in [3.05, 3.63) is 64.8 Å². The third-order valence-corrected chi connectivity index (χ3v) is 7.29. The number of likely N-dealkylation sites (tertiary alicyclic amines) is 1. The second-order valence-electron chi connectivity index (χ2n) is 9.31. The van der Waals surface area contributed by atoms with E-state index in [0.29, 0.717) is 30.7 Å². The maximum absolute atomic E-state index is 14.0. The first-order chi connectivity index (χ1) is 15.8. The van der Waals surface area contributed by atoms with Crippen LogP contribution in [0.25, 0.3) is 10.9 Å². The first-order valence-corrected chi connectivity index (χ1v) is 11.3. The number of amides is 1. The van der Waals surface area contributed by atoms with Gasteiger partial charge in [0.05, 0.1) is 29.9 Å². The van der Waals surface area contributed by atoms with Gasteiger partial charge < -0.3 is 24.8 Å². The van der Waals surface area contributed by atoms with Crippen LogP contribution in [0, 0.1) is 12.8 Å². The number of aromatic carboxylic acids is 1. The number of hydrogen-bond donors (Lipinski definition) is 3. The first-order valence-electron chi connectivity index (χ1n) is 11.3. The van der Waals surface area contributed by atoms with E-state index >= 15 is 0 Å². The van der Waals surface area contributed by atoms with Crippen LogP contribution in [0.15, 0.2) is 42.6 Å². The number of aryl methyl sites for hydroxylation is 1. The highest BCUT2D eigenvalue weighted by Crippen LogP contribution is 2.50. The molecule has 33 heavy (non-hydrogen) atoms. The second-order valence-corrected chi connectivity index (χ2v) is 9.31.